The predicted molar refractivity (Wildman–Crippen MR) is 112 cm³/mol. The molecule has 0 fully saturated rings. The second-order valence-electron chi connectivity index (χ2n) is 6.71. The zero-order valence-electron chi connectivity index (χ0n) is 16.6. The van der Waals surface area contributed by atoms with Crippen LogP contribution in [0.25, 0.3) is 0 Å². The van der Waals surface area contributed by atoms with Gasteiger partial charge in [0.05, 0.1) is 5.69 Å². The Bertz CT molecular complexity index is 842. The van der Waals surface area contributed by atoms with Crippen molar-refractivity contribution in [1.29, 1.82) is 0 Å². The Hall–Kier alpha value is -2.42. The summed E-state index contributed by atoms with van der Waals surface area (Å²) < 4.78 is 27.4. The molecule has 0 saturated carbocycles. The summed E-state index contributed by atoms with van der Waals surface area (Å²) in [4.78, 5) is 14.5. The van der Waals surface area contributed by atoms with Crippen LogP contribution in [0, 0.1) is 0 Å². The number of hydrogen-bond acceptors (Lipinski definition) is 4. The summed E-state index contributed by atoms with van der Waals surface area (Å²) in [6.45, 7) is 1.61. The maximum atomic E-state index is 12.6. The average molecular weight is 405 g/mol. The Morgan fingerprint density at radius 2 is 1.50 bits per heavy atom. The van der Waals surface area contributed by atoms with E-state index >= 15 is 0 Å². The van der Waals surface area contributed by atoms with Crippen LogP contribution in [0.2, 0.25) is 0 Å². The zero-order valence-corrected chi connectivity index (χ0v) is 17.4. The van der Waals surface area contributed by atoms with Crippen molar-refractivity contribution < 1.29 is 13.2 Å². The molecule has 0 aliphatic rings. The van der Waals surface area contributed by atoms with Gasteiger partial charge in [0.2, 0.25) is 5.91 Å². The van der Waals surface area contributed by atoms with E-state index in [-0.39, 0.29) is 12.5 Å². The number of likely N-dealkylation sites (N-methyl/N-ethyl adjacent to an activating group) is 1. The Kier molecular flexibility index (Phi) is 7.98. The van der Waals surface area contributed by atoms with Crippen molar-refractivity contribution in [2.75, 3.05) is 45.1 Å². The molecule has 0 aromatic heterocycles. The summed E-state index contributed by atoms with van der Waals surface area (Å²) in [5, 5.41) is 2.81. The van der Waals surface area contributed by atoms with E-state index in [1.54, 1.807) is 30.3 Å². The second kappa shape index (κ2) is 10.2. The third kappa shape index (κ3) is 6.33. The minimum Gasteiger partial charge on any atom is -0.353 e. The second-order valence-corrected chi connectivity index (χ2v) is 8.77. The maximum Gasteiger partial charge on any atom is 0.304 e. The molecule has 28 heavy (non-hydrogen) atoms. The summed E-state index contributed by atoms with van der Waals surface area (Å²) in [6.07, 6.45) is 0. The molecule has 2 aromatic rings. The molecule has 2 rings (SSSR count). The number of benzene rings is 2. The normalized spacial score (nSPS) is 11.6. The van der Waals surface area contributed by atoms with Gasteiger partial charge in [-0.25, -0.2) is 4.31 Å². The van der Waals surface area contributed by atoms with E-state index in [1.807, 2.05) is 25.2 Å². The molecule has 0 radical (unpaired) electrons. The predicted octanol–water partition coefficient (Wildman–Crippen LogP) is 1.55. The van der Waals surface area contributed by atoms with E-state index in [2.05, 4.69) is 22.3 Å². The van der Waals surface area contributed by atoms with Crippen LogP contribution >= 0.6 is 0 Å². The van der Waals surface area contributed by atoms with Crippen molar-refractivity contribution in [3.8, 4) is 0 Å². The first-order chi connectivity index (χ1) is 13.3. The number of para-hydroxylation sites is 1. The van der Waals surface area contributed by atoms with Crippen LogP contribution in [0.15, 0.2) is 60.7 Å². The van der Waals surface area contributed by atoms with E-state index < -0.39 is 10.2 Å². The fourth-order valence-electron chi connectivity index (χ4n) is 2.64. The summed E-state index contributed by atoms with van der Waals surface area (Å²) >= 11 is 0. The smallest absolute Gasteiger partial charge is 0.304 e. The molecule has 1 amide bonds. The highest BCUT2D eigenvalue weighted by Crippen LogP contribution is 2.18. The monoisotopic (exact) mass is 404 g/mol. The van der Waals surface area contributed by atoms with Crippen molar-refractivity contribution in [2.24, 2.45) is 0 Å². The topological polar surface area (TPSA) is 73.0 Å². The Labute approximate surface area is 167 Å². The molecule has 0 spiro atoms. The van der Waals surface area contributed by atoms with Gasteiger partial charge in [0.25, 0.3) is 0 Å². The van der Waals surface area contributed by atoms with Crippen LogP contribution in [0.4, 0.5) is 5.69 Å². The summed E-state index contributed by atoms with van der Waals surface area (Å²) in [5.74, 6) is -0.345. The number of amides is 1. The molecular weight excluding hydrogens is 376 g/mol. The first kappa shape index (κ1) is 21.9. The zero-order chi connectivity index (χ0) is 20.6. The van der Waals surface area contributed by atoms with Crippen LogP contribution < -0.4 is 9.62 Å². The Morgan fingerprint density at radius 3 is 2.07 bits per heavy atom. The highest BCUT2D eigenvalue weighted by molar-refractivity contribution is 7.90. The van der Waals surface area contributed by atoms with Crippen molar-refractivity contribution in [1.82, 2.24) is 14.5 Å². The van der Waals surface area contributed by atoms with Gasteiger partial charge in [-0.05, 0) is 24.7 Å². The lowest BCUT2D eigenvalue weighted by Crippen LogP contribution is -2.46. The number of rotatable bonds is 10. The van der Waals surface area contributed by atoms with Gasteiger partial charge < -0.3 is 10.2 Å². The molecule has 0 aliphatic heterocycles. The minimum atomic E-state index is -3.77. The van der Waals surface area contributed by atoms with E-state index in [0.717, 1.165) is 15.2 Å². The van der Waals surface area contributed by atoms with Crippen LogP contribution in [0.1, 0.15) is 5.56 Å². The molecule has 152 valence electrons. The SMILES string of the molecule is CN(CCNC(=O)CN(c1ccccc1)S(=O)(=O)N(C)C)Cc1ccccc1. The third-order valence-corrected chi connectivity index (χ3v) is 6.00. The van der Waals surface area contributed by atoms with Crippen molar-refractivity contribution in [3.05, 3.63) is 66.2 Å². The molecule has 8 heteroatoms. The fraction of sp³-hybridized carbons (Fsp3) is 0.350. The number of anilines is 1. The number of carbonyl (C=O) groups is 1. The van der Waals surface area contributed by atoms with E-state index in [4.69, 9.17) is 0 Å². The number of nitrogens with zero attached hydrogens (tertiary/aromatic N) is 3. The van der Waals surface area contributed by atoms with Crippen molar-refractivity contribution in [2.45, 2.75) is 6.54 Å². The molecule has 0 saturated heterocycles. The number of hydrogen-bond donors (Lipinski definition) is 1. The van der Waals surface area contributed by atoms with Crippen LogP contribution in [-0.2, 0) is 21.5 Å². The number of nitrogens with one attached hydrogen (secondary N) is 1. The lowest BCUT2D eigenvalue weighted by molar-refractivity contribution is -0.119. The molecule has 0 aliphatic carbocycles. The Balaban J connectivity index is 1.91. The van der Waals surface area contributed by atoms with Gasteiger partial charge in [-0.3, -0.25) is 4.79 Å². The summed E-state index contributed by atoms with van der Waals surface area (Å²) in [6, 6.07) is 18.7. The molecule has 0 atom stereocenters. The van der Waals surface area contributed by atoms with Crippen LogP contribution in [0.3, 0.4) is 0 Å². The minimum absolute atomic E-state index is 0.271. The van der Waals surface area contributed by atoms with Gasteiger partial charge in [0, 0.05) is 33.7 Å². The molecular formula is C20H28N4O3S. The first-order valence-corrected chi connectivity index (χ1v) is 10.4. The summed E-state index contributed by atoms with van der Waals surface area (Å²) in [7, 11) is 1.10. The van der Waals surface area contributed by atoms with Crippen molar-refractivity contribution >= 4 is 21.8 Å². The number of carbonyl (C=O) groups excluding carboxylic acids is 1. The standard InChI is InChI=1S/C20H28N4O3S/c1-22(2)28(26,27)24(19-12-8-5-9-13-19)17-20(25)21-14-15-23(3)16-18-10-6-4-7-11-18/h4-13H,14-17H2,1-3H3,(H,21,25). The molecule has 0 heterocycles. The van der Waals surface area contributed by atoms with Gasteiger partial charge in [-0.15, -0.1) is 0 Å². The van der Waals surface area contributed by atoms with Gasteiger partial charge >= 0.3 is 10.2 Å². The van der Waals surface area contributed by atoms with Crippen LogP contribution in [0.5, 0.6) is 0 Å². The van der Waals surface area contributed by atoms with Crippen molar-refractivity contribution in [3.63, 3.8) is 0 Å². The molecule has 0 unspecified atom stereocenters. The van der Waals surface area contributed by atoms with Gasteiger partial charge in [0.1, 0.15) is 6.54 Å². The lowest BCUT2D eigenvalue weighted by Gasteiger charge is -2.27. The maximum absolute atomic E-state index is 12.6. The average Bonchev–Trinajstić information content (AvgIpc) is 2.67. The molecule has 2 aromatic carbocycles. The fourth-order valence-corrected chi connectivity index (χ4v) is 3.71. The first-order valence-electron chi connectivity index (χ1n) is 9.05. The van der Waals surface area contributed by atoms with E-state index in [1.165, 1.54) is 19.7 Å². The molecule has 7 nitrogen and oxygen atoms in total. The summed E-state index contributed by atoms with van der Waals surface area (Å²) in [5.41, 5.74) is 1.65. The molecule has 1 N–H and O–H groups in total. The largest absolute Gasteiger partial charge is 0.353 e. The van der Waals surface area contributed by atoms with Gasteiger partial charge in [0.15, 0.2) is 0 Å². The Morgan fingerprint density at radius 1 is 0.929 bits per heavy atom. The highest BCUT2D eigenvalue weighted by Gasteiger charge is 2.26. The van der Waals surface area contributed by atoms with Gasteiger partial charge in [-0.1, -0.05) is 48.5 Å². The van der Waals surface area contributed by atoms with Crippen LogP contribution in [-0.4, -0.2) is 64.3 Å². The highest BCUT2D eigenvalue weighted by atomic mass is 32.2. The van der Waals surface area contributed by atoms with Gasteiger partial charge in [-0.2, -0.15) is 12.7 Å². The molecule has 0 bridgehead atoms. The quantitative estimate of drug-likeness (QED) is 0.652. The lowest BCUT2D eigenvalue weighted by atomic mass is 10.2. The van der Waals surface area contributed by atoms with E-state index in [0.29, 0.717) is 18.8 Å². The van der Waals surface area contributed by atoms with E-state index in [9.17, 15) is 13.2 Å². The third-order valence-electron chi connectivity index (χ3n) is 4.18.